The van der Waals surface area contributed by atoms with Gasteiger partial charge in [-0.3, -0.25) is 10.2 Å². The highest BCUT2D eigenvalue weighted by Gasteiger charge is 1.98. The van der Waals surface area contributed by atoms with Crippen LogP contribution >= 0.6 is 11.8 Å². The fourth-order valence-electron chi connectivity index (χ4n) is 0.831. The fraction of sp³-hybridized carbons (Fsp3) is 0.875. The van der Waals surface area contributed by atoms with Gasteiger partial charge >= 0.3 is 0 Å². The number of rotatable bonds is 7. The first-order chi connectivity index (χ1) is 6.16. The highest BCUT2D eigenvalue weighted by molar-refractivity contribution is 7.99. The van der Waals surface area contributed by atoms with Crippen LogP contribution in [0.5, 0.6) is 0 Å². The molecular weight excluding hydrogens is 186 g/mol. The second-order valence-corrected chi connectivity index (χ2v) is 4.23. The van der Waals surface area contributed by atoms with Gasteiger partial charge in [-0.25, -0.2) is 5.84 Å². The van der Waals surface area contributed by atoms with Gasteiger partial charge in [0.25, 0.3) is 0 Å². The van der Waals surface area contributed by atoms with E-state index in [4.69, 9.17) is 11.6 Å². The smallest absolute Gasteiger partial charge is 0.233 e. The summed E-state index contributed by atoms with van der Waals surface area (Å²) in [5.41, 5.74) is 7.68. The quantitative estimate of drug-likeness (QED) is 0.240. The van der Waals surface area contributed by atoms with E-state index in [0.29, 0.717) is 6.42 Å². The summed E-state index contributed by atoms with van der Waals surface area (Å²) in [5, 5.41) is 0. The Morgan fingerprint density at radius 2 is 2.23 bits per heavy atom. The molecule has 5 N–H and O–H groups in total. The molecule has 1 atom stereocenters. The molecule has 0 radical (unpaired) electrons. The second kappa shape index (κ2) is 8.34. The number of thioether (sulfide) groups is 1. The summed E-state index contributed by atoms with van der Waals surface area (Å²) in [6.07, 6.45) is 2.47. The Bertz CT molecular complexity index is 141. The van der Waals surface area contributed by atoms with Gasteiger partial charge in [0.05, 0.1) is 0 Å². The van der Waals surface area contributed by atoms with Crippen LogP contribution in [0.3, 0.4) is 0 Å². The van der Waals surface area contributed by atoms with Crippen LogP contribution in [0.15, 0.2) is 0 Å². The minimum atomic E-state index is -0.0859. The first-order valence-corrected chi connectivity index (χ1v) is 5.65. The predicted molar refractivity (Wildman–Crippen MR) is 57.2 cm³/mol. The zero-order valence-corrected chi connectivity index (χ0v) is 8.90. The van der Waals surface area contributed by atoms with Gasteiger partial charge in [-0.1, -0.05) is 0 Å². The van der Waals surface area contributed by atoms with Gasteiger partial charge in [-0.2, -0.15) is 11.8 Å². The molecule has 0 aliphatic rings. The monoisotopic (exact) mass is 205 g/mol. The molecule has 0 saturated carbocycles. The number of hydrogen-bond donors (Lipinski definition) is 3. The normalized spacial score (nSPS) is 12.5. The van der Waals surface area contributed by atoms with Crippen molar-refractivity contribution in [2.75, 3.05) is 11.5 Å². The Kier molecular flexibility index (Phi) is 8.18. The van der Waals surface area contributed by atoms with E-state index >= 15 is 0 Å². The van der Waals surface area contributed by atoms with E-state index in [0.717, 1.165) is 24.3 Å². The number of nitrogens with two attached hydrogens (primary N) is 2. The molecule has 13 heavy (non-hydrogen) atoms. The van der Waals surface area contributed by atoms with Gasteiger partial charge in [0.1, 0.15) is 0 Å². The maximum atomic E-state index is 10.7. The third kappa shape index (κ3) is 9.66. The van der Waals surface area contributed by atoms with E-state index in [9.17, 15) is 4.79 Å². The molecule has 0 aliphatic heterocycles. The number of amides is 1. The summed E-state index contributed by atoms with van der Waals surface area (Å²) >= 11 is 1.83. The summed E-state index contributed by atoms with van der Waals surface area (Å²) in [5.74, 6) is 6.90. The summed E-state index contributed by atoms with van der Waals surface area (Å²) < 4.78 is 0. The van der Waals surface area contributed by atoms with Crippen LogP contribution in [0.4, 0.5) is 0 Å². The standard InChI is InChI=1S/C8H19N3OS/c1-7(9)6-13-5-3-2-4-8(12)11-10/h7H,2-6,9-10H2,1H3,(H,11,12). The van der Waals surface area contributed by atoms with Crippen LogP contribution in [0.25, 0.3) is 0 Å². The van der Waals surface area contributed by atoms with E-state index in [1.165, 1.54) is 0 Å². The molecule has 0 aromatic heterocycles. The molecule has 0 aliphatic carbocycles. The van der Waals surface area contributed by atoms with Crippen molar-refractivity contribution >= 4 is 17.7 Å². The van der Waals surface area contributed by atoms with Crippen molar-refractivity contribution < 1.29 is 4.79 Å². The summed E-state index contributed by atoms with van der Waals surface area (Å²) in [7, 11) is 0. The van der Waals surface area contributed by atoms with Crippen LogP contribution in [0, 0.1) is 0 Å². The molecule has 1 unspecified atom stereocenters. The lowest BCUT2D eigenvalue weighted by molar-refractivity contribution is -0.121. The third-order valence-electron chi connectivity index (χ3n) is 1.48. The van der Waals surface area contributed by atoms with Gasteiger partial charge in [0.2, 0.25) is 5.91 Å². The van der Waals surface area contributed by atoms with E-state index in [2.05, 4.69) is 5.43 Å². The first kappa shape index (κ1) is 12.7. The van der Waals surface area contributed by atoms with Gasteiger partial charge in [-0.05, 0) is 25.5 Å². The van der Waals surface area contributed by atoms with Crippen molar-refractivity contribution in [3.8, 4) is 0 Å². The average Bonchev–Trinajstić information content (AvgIpc) is 2.10. The number of unbranched alkanes of at least 4 members (excludes halogenated alkanes) is 1. The van der Waals surface area contributed by atoms with Crippen LogP contribution in [0.1, 0.15) is 26.2 Å². The molecule has 0 saturated heterocycles. The molecule has 0 aromatic carbocycles. The highest BCUT2D eigenvalue weighted by atomic mass is 32.2. The van der Waals surface area contributed by atoms with Crippen molar-refractivity contribution in [2.45, 2.75) is 32.2 Å². The Labute approximate surface area is 83.8 Å². The molecule has 0 fully saturated rings. The van der Waals surface area contributed by atoms with Crippen LogP contribution in [-0.2, 0) is 4.79 Å². The number of hydrazine groups is 1. The molecule has 0 aromatic rings. The zero-order valence-electron chi connectivity index (χ0n) is 8.08. The third-order valence-corrected chi connectivity index (χ3v) is 2.82. The second-order valence-electron chi connectivity index (χ2n) is 3.08. The van der Waals surface area contributed by atoms with Crippen LogP contribution < -0.4 is 17.0 Å². The Morgan fingerprint density at radius 1 is 1.54 bits per heavy atom. The Morgan fingerprint density at radius 3 is 2.77 bits per heavy atom. The van der Waals surface area contributed by atoms with Crippen molar-refractivity contribution in [1.82, 2.24) is 5.43 Å². The molecule has 4 nitrogen and oxygen atoms in total. The summed E-state index contributed by atoms with van der Waals surface area (Å²) in [4.78, 5) is 10.7. The van der Waals surface area contributed by atoms with Crippen molar-refractivity contribution in [3.05, 3.63) is 0 Å². The van der Waals surface area contributed by atoms with Crippen molar-refractivity contribution in [1.29, 1.82) is 0 Å². The molecule has 0 heterocycles. The molecule has 78 valence electrons. The van der Waals surface area contributed by atoms with Gasteiger partial charge in [0, 0.05) is 18.2 Å². The highest BCUT2D eigenvalue weighted by Crippen LogP contribution is 2.06. The molecular formula is C8H19N3OS. The summed E-state index contributed by atoms with van der Waals surface area (Å²) in [6.45, 7) is 1.99. The van der Waals surface area contributed by atoms with E-state index in [1.54, 1.807) is 0 Å². The minimum absolute atomic E-state index is 0.0859. The summed E-state index contributed by atoms with van der Waals surface area (Å²) in [6, 6.07) is 0.261. The first-order valence-electron chi connectivity index (χ1n) is 4.49. The van der Waals surface area contributed by atoms with Crippen molar-refractivity contribution in [2.24, 2.45) is 11.6 Å². The van der Waals surface area contributed by atoms with Gasteiger partial charge in [-0.15, -0.1) is 0 Å². The number of nitrogens with one attached hydrogen (secondary N) is 1. The minimum Gasteiger partial charge on any atom is -0.327 e. The fourth-order valence-corrected chi connectivity index (χ4v) is 1.78. The Hall–Kier alpha value is -0.260. The lowest BCUT2D eigenvalue weighted by Crippen LogP contribution is -2.29. The van der Waals surface area contributed by atoms with Crippen LogP contribution in [-0.4, -0.2) is 23.5 Å². The van der Waals surface area contributed by atoms with E-state index in [1.807, 2.05) is 18.7 Å². The maximum Gasteiger partial charge on any atom is 0.233 e. The van der Waals surface area contributed by atoms with E-state index in [-0.39, 0.29) is 11.9 Å². The molecule has 1 amide bonds. The SMILES string of the molecule is CC(N)CSCCCCC(=O)NN. The molecule has 0 rings (SSSR count). The number of carbonyl (C=O) groups excluding carboxylic acids is 1. The Balaban J connectivity index is 3.04. The van der Waals surface area contributed by atoms with E-state index < -0.39 is 0 Å². The number of carbonyl (C=O) groups is 1. The van der Waals surface area contributed by atoms with Gasteiger partial charge in [0.15, 0.2) is 0 Å². The molecule has 5 heteroatoms. The van der Waals surface area contributed by atoms with Crippen molar-refractivity contribution in [3.63, 3.8) is 0 Å². The maximum absolute atomic E-state index is 10.7. The zero-order chi connectivity index (χ0) is 10.1. The lowest BCUT2D eigenvalue weighted by Gasteiger charge is -2.04. The predicted octanol–water partition coefficient (Wildman–Crippen LogP) is 0.227. The molecule has 0 spiro atoms. The average molecular weight is 205 g/mol. The van der Waals surface area contributed by atoms with Gasteiger partial charge < -0.3 is 5.73 Å². The molecule has 0 bridgehead atoms. The lowest BCUT2D eigenvalue weighted by atomic mass is 10.2. The van der Waals surface area contributed by atoms with Crippen LogP contribution in [0.2, 0.25) is 0 Å². The number of hydrogen-bond acceptors (Lipinski definition) is 4. The topological polar surface area (TPSA) is 81.1 Å². The largest absolute Gasteiger partial charge is 0.327 e.